The van der Waals surface area contributed by atoms with Crippen LogP contribution in [0.3, 0.4) is 0 Å². The Labute approximate surface area is 160 Å². The molecule has 142 valence electrons. The van der Waals surface area contributed by atoms with Crippen LogP contribution in [-0.4, -0.2) is 33.7 Å². The molecule has 0 heterocycles. The monoisotopic (exact) mass is 387 g/mol. The van der Waals surface area contributed by atoms with Crippen LogP contribution in [0.1, 0.15) is 41.5 Å². The fourth-order valence-corrected chi connectivity index (χ4v) is 3.34. The molecule has 0 fully saturated rings. The van der Waals surface area contributed by atoms with E-state index in [2.05, 4.69) is 5.32 Å². The maximum Gasteiger partial charge on any atom is 0.340 e. The van der Waals surface area contributed by atoms with E-state index in [0.717, 1.165) is 0 Å². The van der Waals surface area contributed by atoms with E-state index in [1.54, 1.807) is 49.4 Å². The van der Waals surface area contributed by atoms with Crippen molar-refractivity contribution < 1.29 is 23.3 Å². The highest BCUT2D eigenvalue weighted by molar-refractivity contribution is 7.85. The normalized spacial score (nSPS) is 12.7. The lowest BCUT2D eigenvalue weighted by Crippen LogP contribution is -2.30. The average molecular weight is 387 g/mol. The summed E-state index contributed by atoms with van der Waals surface area (Å²) in [5, 5.41) is 2.60. The number of Topliss-reactive ketones (excluding diaryl/α,β-unsaturated/α-hetero) is 1. The van der Waals surface area contributed by atoms with Crippen molar-refractivity contribution in [3.8, 4) is 0 Å². The molecule has 1 N–H and O–H groups in total. The fourth-order valence-electron chi connectivity index (χ4n) is 2.40. The van der Waals surface area contributed by atoms with Crippen molar-refractivity contribution in [1.82, 2.24) is 0 Å². The first-order valence-electron chi connectivity index (χ1n) is 8.44. The molecule has 2 aromatic carbocycles. The van der Waals surface area contributed by atoms with Crippen LogP contribution in [0.4, 0.5) is 5.69 Å². The van der Waals surface area contributed by atoms with Gasteiger partial charge in [0.15, 0.2) is 11.9 Å². The van der Waals surface area contributed by atoms with E-state index in [1.807, 2.05) is 0 Å². The van der Waals surface area contributed by atoms with Gasteiger partial charge in [0.2, 0.25) is 0 Å². The zero-order valence-corrected chi connectivity index (χ0v) is 16.2. The number of para-hydroxylation sites is 1. The highest BCUT2D eigenvalue weighted by Gasteiger charge is 2.23. The van der Waals surface area contributed by atoms with Crippen molar-refractivity contribution in [3.63, 3.8) is 0 Å². The van der Waals surface area contributed by atoms with Crippen LogP contribution >= 0.6 is 0 Å². The van der Waals surface area contributed by atoms with E-state index in [0.29, 0.717) is 21.9 Å². The van der Waals surface area contributed by atoms with E-state index < -0.39 is 28.8 Å². The molecule has 0 aliphatic carbocycles. The van der Waals surface area contributed by atoms with Crippen LogP contribution in [-0.2, 0) is 20.3 Å². The standard InChI is InChI=1S/C20H21NO5S/c1-4-27(25)18-12-8-6-10-16(18)20(24)26-14(3)19(23)21-17-11-7-5-9-15(17)13(2)22/h5-12,14H,4H2,1-3H3,(H,21,23)/t14-,27-/m0/s1. The van der Waals surface area contributed by atoms with Gasteiger partial charge in [-0.3, -0.25) is 13.8 Å². The summed E-state index contributed by atoms with van der Waals surface area (Å²) in [4.78, 5) is 36.8. The van der Waals surface area contributed by atoms with Crippen molar-refractivity contribution >= 4 is 34.1 Å². The zero-order chi connectivity index (χ0) is 20.0. The Morgan fingerprint density at radius 2 is 1.63 bits per heavy atom. The summed E-state index contributed by atoms with van der Waals surface area (Å²) in [6.45, 7) is 4.59. The van der Waals surface area contributed by atoms with Crippen LogP contribution in [0.5, 0.6) is 0 Å². The maximum absolute atomic E-state index is 12.4. The van der Waals surface area contributed by atoms with Gasteiger partial charge >= 0.3 is 5.97 Å². The topological polar surface area (TPSA) is 89.5 Å². The molecule has 0 saturated heterocycles. The number of benzene rings is 2. The molecule has 0 aromatic heterocycles. The molecular formula is C20H21NO5S. The molecule has 0 saturated carbocycles. The Morgan fingerprint density at radius 1 is 1.04 bits per heavy atom. The van der Waals surface area contributed by atoms with Crippen molar-refractivity contribution in [2.45, 2.75) is 31.8 Å². The van der Waals surface area contributed by atoms with Gasteiger partial charge in [0.25, 0.3) is 5.91 Å². The minimum absolute atomic E-state index is 0.168. The van der Waals surface area contributed by atoms with Crippen molar-refractivity contribution in [3.05, 3.63) is 59.7 Å². The largest absolute Gasteiger partial charge is 0.449 e. The van der Waals surface area contributed by atoms with Gasteiger partial charge < -0.3 is 10.1 Å². The Hall–Kier alpha value is -2.80. The van der Waals surface area contributed by atoms with E-state index in [-0.39, 0.29) is 11.3 Å². The van der Waals surface area contributed by atoms with Crippen LogP contribution in [0.25, 0.3) is 0 Å². The number of hydrogen-bond donors (Lipinski definition) is 1. The molecule has 2 atom stereocenters. The molecule has 0 spiro atoms. The summed E-state index contributed by atoms with van der Waals surface area (Å²) in [5.74, 6) is -1.12. The summed E-state index contributed by atoms with van der Waals surface area (Å²) >= 11 is 0. The van der Waals surface area contributed by atoms with Crippen molar-refractivity contribution in [1.29, 1.82) is 0 Å². The lowest BCUT2D eigenvalue weighted by atomic mass is 10.1. The third kappa shape index (κ3) is 5.10. The quantitative estimate of drug-likeness (QED) is 0.582. The molecule has 0 bridgehead atoms. The summed E-state index contributed by atoms with van der Waals surface area (Å²) in [6.07, 6.45) is -1.10. The average Bonchev–Trinajstić information content (AvgIpc) is 2.67. The number of nitrogens with one attached hydrogen (secondary N) is 1. The Kier molecular flexibility index (Phi) is 7.01. The number of carbonyl (C=O) groups excluding carboxylic acids is 3. The van der Waals surface area contributed by atoms with Crippen molar-refractivity contribution in [2.75, 3.05) is 11.1 Å². The molecule has 1 amide bonds. The minimum atomic E-state index is -1.33. The number of ketones is 1. The predicted molar refractivity (Wildman–Crippen MR) is 103 cm³/mol. The van der Waals surface area contributed by atoms with Gasteiger partial charge in [-0.15, -0.1) is 0 Å². The van der Waals surface area contributed by atoms with E-state index in [9.17, 15) is 18.6 Å². The van der Waals surface area contributed by atoms with Crippen LogP contribution in [0.15, 0.2) is 53.4 Å². The highest BCUT2D eigenvalue weighted by atomic mass is 32.2. The van der Waals surface area contributed by atoms with Gasteiger partial charge in [-0.2, -0.15) is 0 Å². The first-order chi connectivity index (χ1) is 12.8. The van der Waals surface area contributed by atoms with Crippen LogP contribution in [0, 0.1) is 0 Å². The molecule has 0 radical (unpaired) electrons. The summed E-state index contributed by atoms with van der Waals surface area (Å²) in [5.41, 5.74) is 0.889. The van der Waals surface area contributed by atoms with E-state index >= 15 is 0 Å². The molecular weight excluding hydrogens is 366 g/mol. The highest BCUT2D eigenvalue weighted by Crippen LogP contribution is 2.18. The zero-order valence-electron chi connectivity index (χ0n) is 15.4. The van der Waals surface area contributed by atoms with Gasteiger partial charge in [-0.25, -0.2) is 4.79 Å². The minimum Gasteiger partial charge on any atom is -0.449 e. The van der Waals surface area contributed by atoms with Crippen molar-refractivity contribution in [2.24, 2.45) is 0 Å². The van der Waals surface area contributed by atoms with Gasteiger partial charge in [0, 0.05) is 11.3 Å². The third-order valence-corrected chi connectivity index (χ3v) is 5.20. The first-order valence-corrected chi connectivity index (χ1v) is 9.76. The number of carbonyl (C=O) groups is 3. The maximum atomic E-state index is 12.4. The molecule has 27 heavy (non-hydrogen) atoms. The fraction of sp³-hybridized carbons (Fsp3) is 0.250. The second kappa shape index (κ2) is 9.23. The smallest absolute Gasteiger partial charge is 0.340 e. The molecule has 0 unspecified atom stereocenters. The lowest BCUT2D eigenvalue weighted by Gasteiger charge is -2.16. The summed E-state index contributed by atoms with van der Waals surface area (Å²) in [6, 6.07) is 13.0. The number of rotatable bonds is 7. The summed E-state index contributed by atoms with van der Waals surface area (Å²) in [7, 11) is -1.33. The molecule has 7 heteroatoms. The SMILES string of the molecule is CC[S@](=O)c1ccccc1C(=O)O[C@@H](C)C(=O)Nc1ccccc1C(C)=O. The molecule has 0 aliphatic heterocycles. The second-order valence-electron chi connectivity index (χ2n) is 5.77. The van der Waals surface area contributed by atoms with E-state index in [1.165, 1.54) is 19.9 Å². The van der Waals surface area contributed by atoms with Gasteiger partial charge in [0.1, 0.15) is 0 Å². The molecule has 0 aliphatic rings. The molecule has 2 aromatic rings. The number of esters is 1. The number of amides is 1. The van der Waals surface area contributed by atoms with Gasteiger partial charge in [0.05, 0.1) is 26.9 Å². The second-order valence-corrected chi connectivity index (χ2v) is 7.48. The summed E-state index contributed by atoms with van der Waals surface area (Å²) < 4.78 is 17.3. The predicted octanol–water partition coefficient (Wildman–Crippen LogP) is 3.20. The number of hydrogen-bond acceptors (Lipinski definition) is 5. The van der Waals surface area contributed by atoms with Crippen LogP contribution in [0.2, 0.25) is 0 Å². The Balaban J connectivity index is 2.13. The Morgan fingerprint density at radius 3 is 2.26 bits per heavy atom. The van der Waals surface area contributed by atoms with Gasteiger partial charge in [-0.05, 0) is 38.1 Å². The molecule has 6 nitrogen and oxygen atoms in total. The van der Waals surface area contributed by atoms with Crippen LogP contribution < -0.4 is 5.32 Å². The third-order valence-electron chi connectivity index (χ3n) is 3.83. The number of ether oxygens (including phenoxy) is 1. The molecule has 2 rings (SSSR count). The first kappa shape index (κ1) is 20.5. The van der Waals surface area contributed by atoms with E-state index in [4.69, 9.17) is 4.74 Å². The number of anilines is 1. The van der Waals surface area contributed by atoms with Gasteiger partial charge in [-0.1, -0.05) is 31.2 Å². The Bertz CT molecular complexity index is 893. The lowest BCUT2D eigenvalue weighted by molar-refractivity contribution is -0.123.